The van der Waals surface area contributed by atoms with Crippen LogP contribution in [0.15, 0.2) is 30.3 Å². The van der Waals surface area contributed by atoms with Gasteiger partial charge in [0, 0.05) is 21.9 Å². The molecule has 0 spiro atoms. The number of aldehydes is 1. The van der Waals surface area contributed by atoms with Gasteiger partial charge in [0.1, 0.15) is 6.29 Å². The maximum absolute atomic E-state index is 10.6. The Bertz CT molecular complexity index is 576. The van der Waals surface area contributed by atoms with E-state index in [4.69, 9.17) is 5.73 Å². The molecule has 0 fully saturated rings. The summed E-state index contributed by atoms with van der Waals surface area (Å²) in [7, 11) is 0. The second-order valence-electron chi connectivity index (χ2n) is 5.69. The molecule has 2 rings (SSSR count). The van der Waals surface area contributed by atoms with Crippen molar-refractivity contribution < 1.29 is 4.79 Å². The van der Waals surface area contributed by atoms with E-state index in [-0.39, 0.29) is 5.41 Å². The van der Waals surface area contributed by atoms with E-state index in [9.17, 15) is 4.79 Å². The van der Waals surface area contributed by atoms with E-state index in [1.165, 1.54) is 5.56 Å². The highest BCUT2D eigenvalue weighted by atomic mass is 32.1. The molecule has 0 aliphatic carbocycles. The van der Waals surface area contributed by atoms with Gasteiger partial charge < -0.3 is 10.5 Å². The van der Waals surface area contributed by atoms with E-state index in [1.807, 2.05) is 6.07 Å². The number of hydrogen-bond acceptors (Lipinski definition) is 3. The Hall–Kier alpha value is -1.61. The molecule has 0 unspecified atom stereocenters. The highest BCUT2D eigenvalue weighted by molar-refractivity contribution is 7.16. The standard InChI is InChI=1S/C16H19NOS/c1-16(2,3)12-6-4-11(5-7-12)15-10-13(17)14(19-15)8-9-18/h4-7,9-10H,8,17H2,1-3H3. The Morgan fingerprint density at radius 3 is 2.37 bits per heavy atom. The predicted octanol–water partition coefficient (Wildman–Crippen LogP) is 4.04. The van der Waals surface area contributed by atoms with Crippen LogP contribution in [0.25, 0.3) is 10.4 Å². The van der Waals surface area contributed by atoms with Crippen molar-refractivity contribution in [3.05, 3.63) is 40.8 Å². The van der Waals surface area contributed by atoms with Gasteiger partial charge in [-0.1, -0.05) is 45.0 Å². The minimum absolute atomic E-state index is 0.162. The number of carbonyl (C=O) groups is 1. The Labute approximate surface area is 118 Å². The largest absolute Gasteiger partial charge is 0.398 e. The third kappa shape index (κ3) is 3.04. The fourth-order valence-corrected chi connectivity index (χ4v) is 2.99. The highest BCUT2D eigenvalue weighted by Gasteiger charge is 2.14. The summed E-state index contributed by atoms with van der Waals surface area (Å²) in [6.45, 7) is 6.61. The predicted molar refractivity (Wildman–Crippen MR) is 82.6 cm³/mol. The zero-order chi connectivity index (χ0) is 14.0. The maximum Gasteiger partial charge on any atom is 0.125 e. The van der Waals surface area contributed by atoms with Crippen LogP contribution in [-0.4, -0.2) is 6.29 Å². The molecule has 2 nitrogen and oxygen atoms in total. The number of nitrogens with two attached hydrogens (primary N) is 1. The number of carbonyl (C=O) groups excluding carboxylic acids is 1. The number of rotatable bonds is 3. The van der Waals surface area contributed by atoms with E-state index in [0.717, 1.165) is 21.6 Å². The van der Waals surface area contributed by atoms with Crippen molar-refractivity contribution in [3.8, 4) is 10.4 Å². The van der Waals surface area contributed by atoms with Crippen LogP contribution in [0.4, 0.5) is 5.69 Å². The summed E-state index contributed by atoms with van der Waals surface area (Å²) in [5, 5.41) is 0. The molecule has 100 valence electrons. The smallest absolute Gasteiger partial charge is 0.125 e. The number of anilines is 1. The van der Waals surface area contributed by atoms with E-state index >= 15 is 0 Å². The molecule has 0 bridgehead atoms. The lowest BCUT2D eigenvalue weighted by molar-refractivity contribution is -0.107. The summed E-state index contributed by atoms with van der Waals surface area (Å²) in [5.74, 6) is 0. The molecular formula is C16H19NOS. The average Bonchev–Trinajstić information content (AvgIpc) is 2.71. The van der Waals surface area contributed by atoms with Crippen LogP contribution in [0.1, 0.15) is 31.2 Å². The first kappa shape index (κ1) is 13.8. The van der Waals surface area contributed by atoms with Gasteiger partial charge in [-0.2, -0.15) is 0 Å². The molecule has 0 radical (unpaired) electrons. The van der Waals surface area contributed by atoms with Crippen LogP contribution in [-0.2, 0) is 16.6 Å². The molecule has 0 saturated carbocycles. The minimum Gasteiger partial charge on any atom is -0.398 e. The monoisotopic (exact) mass is 273 g/mol. The summed E-state index contributed by atoms with van der Waals surface area (Å²) < 4.78 is 0. The van der Waals surface area contributed by atoms with Crippen molar-refractivity contribution in [2.24, 2.45) is 0 Å². The lowest BCUT2D eigenvalue weighted by Crippen LogP contribution is -2.10. The second kappa shape index (κ2) is 5.17. The summed E-state index contributed by atoms with van der Waals surface area (Å²) in [5.41, 5.74) is 9.26. The summed E-state index contributed by atoms with van der Waals surface area (Å²) in [6.07, 6.45) is 1.30. The molecule has 0 aliphatic heterocycles. The zero-order valence-electron chi connectivity index (χ0n) is 11.6. The molecule has 0 aliphatic rings. The summed E-state index contributed by atoms with van der Waals surface area (Å²) in [6, 6.07) is 10.5. The van der Waals surface area contributed by atoms with Gasteiger partial charge in [-0.15, -0.1) is 11.3 Å². The van der Waals surface area contributed by atoms with E-state index in [2.05, 4.69) is 45.0 Å². The molecule has 1 aromatic heterocycles. The second-order valence-corrected chi connectivity index (χ2v) is 6.82. The van der Waals surface area contributed by atoms with Gasteiger partial charge >= 0.3 is 0 Å². The van der Waals surface area contributed by atoms with Gasteiger partial charge in [-0.3, -0.25) is 0 Å². The zero-order valence-corrected chi connectivity index (χ0v) is 12.4. The quantitative estimate of drug-likeness (QED) is 0.858. The Kier molecular flexibility index (Phi) is 3.76. The van der Waals surface area contributed by atoms with Gasteiger partial charge in [0.25, 0.3) is 0 Å². The van der Waals surface area contributed by atoms with Gasteiger partial charge in [0.15, 0.2) is 0 Å². The van der Waals surface area contributed by atoms with E-state index < -0.39 is 0 Å². The van der Waals surface area contributed by atoms with Crippen LogP contribution in [0.3, 0.4) is 0 Å². The van der Waals surface area contributed by atoms with Crippen LogP contribution >= 0.6 is 11.3 Å². The normalized spacial score (nSPS) is 11.5. The molecule has 0 saturated heterocycles. The Morgan fingerprint density at radius 2 is 1.84 bits per heavy atom. The van der Waals surface area contributed by atoms with Crippen molar-refractivity contribution in [2.45, 2.75) is 32.6 Å². The first-order valence-corrected chi connectivity index (χ1v) is 7.16. The van der Waals surface area contributed by atoms with Crippen molar-refractivity contribution in [1.82, 2.24) is 0 Å². The van der Waals surface area contributed by atoms with Gasteiger partial charge in [0.2, 0.25) is 0 Å². The van der Waals surface area contributed by atoms with Crippen molar-refractivity contribution in [3.63, 3.8) is 0 Å². The SMILES string of the molecule is CC(C)(C)c1ccc(-c2cc(N)c(CC=O)s2)cc1. The average molecular weight is 273 g/mol. The fraction of sp³-hybridized carbons (Fsp3) is 0.312. The van der Waals surface area contributed by atoms with Crippen LogP contribution in [0.5, 0.6) is 0 Å². The van der Waals surface area contributed by atoms with E-state index in [0.29, 0.717) is 12.1 Å². The number of benzene rings is 1. The topological polar surface area (TPSA) is 43.1 Å². The molecule has 1 aromatic carbocycles. The first-order valence-electron chi connectivity index (χ1n) is 6.34. The summed E-state index contributed by atoms with van der Waals surface area (Å²) in [4.78, 5) is 12.6. The van der Waals surface area contributed by atoms with Crippen molar-refractivity contribution in [1.29, 1.82) is 0 Å². The van der Waals surface area contributed by atoms with Gasteiger partial charge in [-0.25, -0.2) is 0 Å². The highest BCUT2D eigenvalue weighted by Crippen LogP contribution is 2.34. The third-order valence-electron chi connectivity index (χ3n) is 3.15. The van der Waals surface area contributed by atoms with Crippen LogP contribution < -0.4 is 5.73 Å². The third-order valence-corrected chi connectivity index (χ3v) is 4.37. The number of hydrogen-bond donors (Lipinski definition) is 1. The fourth-order valence-electron chi connectivity index (χ4n) is 1.95. The van der Waals surface area contributed by atoms with E-state index in [1.54, 1.807) is 11.3 Å². The molecule has 2 N–H and O–H groups in total. The van der Waals surface area contributed by atoms with Crippen molar-refractivity contribution in [2.75, 3.05) is 5.73 Å². The number of thiophene rings is 1. The molecular weight excluding hydrogens is 254 g/mol. The minimum atomic E-state index is 0.162. The van der Waals surface area contributed by atoms with Crippen LogP contribution in [0, 0.1) is 0 Å². The molecule has 3 heteroatoms. The van der Waals surface area contributed by atoms with Gasteiger partial charge in [-0.05, 0) is 22.6 Å². The molecule has 1 heterocycles. The molecule has 0 amide bonds. The lowest BCUT2D eigenvalue weighted by atomic mass is 9.86. The molecule has 2 aromatic rings. The Morgan fingerprint density at radius 1 is 1.21 bits per heavy atom. The lowest BCUT2D eigenvalue weighted by Gasteiger charge is -2.18. The van der Waals surface area contributed by atoms with Crippen LogP contribution in [0.2, 0.25) is 0 Å². The summed E-state index contributed by atoms with van der Waals surface area (Å²) >= 11 is 1.59. The molecule has 0 atom stereocenters. The Balaban J connectivity index is 2.32. The maximum atomic E-state index is 10.6. The first-order chi connectivity index (χ1) is 8.91. The van der Waals surface area contributed by atoms with Gasteiger partial charge in [0.05, 0.1) is 0 Å². The van der Waals surface area contributed by atoms with Crippen molar-refractivity contribution >= 4 is 23.3 Å². The molecule has 19 heavy (non-hydrogen) atoms. The number of nitrogen functional groups attached to an aromatic ring is 1.